The fourth-order valence-corrected chi connectivity index (χ4v) is 0.809. The smallest absolute Gasteiger partial charge is 0.133 e. The predicted octanol–water partition coefficient (Wildman–Crippen LogP) is 3.63. The zero-order valence-corrected chi connectivity index (χ0v) is 8.40. The minimum atomic E-state index is 0.496. The molecule has 2 heteroatoms. The maximum Gasteiger partial charge on any atom is 0.133 e. The number of hydrogen-bond acceptors (Lipinski definition) is 1. The molecule has 0 aliphatic rings. The van der Waals surface area contributed by atoms with E-state index in [1.165, 1.54) is 0 Å². The van der Waals surface area contributed by atoms with Crippen molar-refractivity contribution in [3.05, 3.63) is 35.6 Å². The Morgan fingerprint density at radius 2 is 2.25 bits per heavy atom. The Morgan fingerprint density at radius 3 is 2.67 bits per heavy atom. The van der Waals surface area contributed by atoms with Crippen LogP contribution in [0.15, 0.2) is 35.6 Å². The van der Waals surface area contributed by atoms with Crippen molar-refractivity contribution >= 4 is 11.6 Å². The van der Waals surface area contributed by atoms with Gasteiger partial charge in [-0.2, -0.15) is 0 Å². The molecule has 0 aromatic carbocycles. The van der Waals surface area contributed by atoms with Crippen LogP contribution in [0.4, 0.5) is 0 Å². The molecule has 0 N–H and O–H groups in total. The van der Waals surface area contributed by atoms with Gasteiger partial charge in [0.2, 0.25) is 0 Å². The lowest BCUT2D eigenvalue weighted by Gasteiger charge is -2.05. The first kappa shape index (κ1) is 11.3. The Labute approximate surface area is 79.4 Å². The van der Waals surface area contributed by atoms with E-state index in [-0.39, 0.29) is 0 Å². The van der Waals surface area contributed by atoms with Gasteiger partial charge in [-0.05, 0) is 19.4 Å². The van der Waals surface area contributed by atoms with E-state index < -0.39 is 0 Å². The topological polar surface area (TPSA) is 9.23 Å². The summed E-state index contributed by atoms with van der Waals surface area (Å²) in [7, 11) is 0. The zero-order valence-electron chi connectivity index (χ0n) is 7.64. The molecule has 12 heavy (non-hydrogen) atoms. The quantitative estimate of drug-likeness (QED) is 0.362. The summed E-state index contributed by atoms with van der Waals surface area (Å²) in [6.07, 6.45) is 6.24. The van der Waals surface area contributed by atoms with Crippen LogP contribution < -0.4 is 0 Å². The fraction of sp³-hybridized carbons (Fsp3) is 0.400. The number of allylic oxidation sites excluding steroid dienone is 3. The molecule has 0 saturated heterocycles. The van der Waals surface area contributed by atoms with E-state index in [4.69, 9.17) is 16.3 Å². The molecule has 0 atom stereocenters. The first-order chi connectivity index (χ1) is 5.76. The summed E-state index contributed by atoms with van der Waals surface area (Å²) in [5.74, 6) is 0.738. The summed E-state index contributed by atoms with van der Waals surface area (Å²) in [4.78, 5) is 0. The van der Waals surface area contributed by atoms with Crippen molar-refractivity contribution < 1.29 is 4.74 Å². The molecule has 0 unspecified atom stereocenters. The first-order valence-electron chi connectivity index (χ1n) is 4.01. The zero-order chi connectivity index (χ0) is 9.40. The molecule has 0 saturated carbocycles. The SMILES string of the molecule is C=CCOC(/C=C\C)=C(\Cl)CC. The molecule has 0 aromatic rings. The maximum absolute atomic E-state index is 5.91. The number of rotatable bonds is 5. The lowest BCUT2D eigenvalue weighted by molar-refractivity contribution is 0.259. The summed E-state index contributed by atoms with van der Waals surface area (Å²) >= 11 is 5.91. The van der Waals surface area contributed by atoms with Crippen LogP contribution in [-0.2, 0) is 4.74 Å². The standard InChI is InChI=1S/C10H15ClO/c1-4-7-10(9(11)6-3)12-8-5-2/h4-5,7H,2,6,8H2,1,3H3/b7-4-,10-9-. The van der Waals surface area contributed by atoms with Crippen LogP contribution in [0.5, 0.6) is 0 Å². The third-order valence-electron chi connectivity index (χ3n) is 1.25. The highest BCUT2D eigenvalue weighted by Crippen LogP contribution is 2.15. The van der Waals surface area contributed by atoms with E-state index >= 15 is 0 Å². The Kier molecular flexibility index (Phi) is 6.58. The fourth-order valence-electron chi connectivity index (χ4n) is 0.691. The molecule has 1 nitrogen and oxygen atoms in total. The van der Waals surface area contributed by atoms with Gasteiger partial charge in [-0.25, -0.2) is 0 Å². The summed E-state index contributed by atoms with van der Waals surface area (Å²) < 4.78 is 5.33. The third kappa shape index (κ3) is 4.24. The lowest BCUT2D eigenvalue weighted by atomic mass is 10.3. The van der Waals surface area contributed by atoms with Crippen molar-refractivity contribution in [2.45, 2.75) is 20.3 Å². The van der Waals surface area contributed by atoms with Crippen LogP contribution in [0.2, 0.25) is 0 Å². The molecule has 0 aromatic heterocycles. The van der Waals surface area contributed by atoms with Crippen LogP contribution in [-0.4, -0.2) is 6.61 Å². The van der Waals surface area contributed by atoms with Gasteiger partial charge in [-0.3, -0.25) is 0 Å². The van der Waals surface area contributed by atoms with E-state index in [1.807, 2.05) is 26.0 Å². The molecule has 68 valence electrons. The van der Waals surface area contributed by atoms with Crippen LogP contribution >= 0.6 is 11.6 Å². The highest BCUT2D eigenvalue weighted by Gasteiger charge is 1.98. The molecular formula is C10H15ClO. The van der Waals surface area contributed by atoms with Gasteiger partial charge in [-0.1, -0.05) is 37.3 Å². The van der Waals surface area contributed by atoms with Crippen LogP contribution in [0.1, 0.15) is 20.3 Å². The molecule has 0 bridgehead atoms. The van der Waals surface area contributed by atoms with Gasteiger partial charge in [0.1, 0.15) is 12.4 Å². The predicted molar refractivity (Wildman–Crippen MR) is 54.1 cm³/mol. The Morgan fingerprint density at radius 1 is 1.58 bits per heavy atom. The minimum absolute atomic E-state index is 0.496. The van der Waals surface area contributed by atoms with Crippen LogP contribution in [0.25, 0.3) is 0 Å². The molecule has 0 spiro atoms. The minimum Gasteiger partial charge on any atom is -0.488 e. The molecular weight excluding hydrogens is 172 g/mol. The van der Waals surface area contributed by atoms with Crippen LogP contribution in [0, 0.1) is 0 Å². The summed E-state index contributed by atoms with van der Waals surface area (Å²) in [6.45, 7) is 7.98. The summed E-state index contributed by atoms with van der Waals surface area (Å²) in [6, 6.07) is 0. The Bertz CT molecular complexity index is 192. The van der Waals surface area contributed by atoms with Crippen molar-refractivity contribution in [2.75, 3.05) is 6.61 Å². The van der Waals surface area contributed by atoms with Crippen molar-refractivity contribution in [3.63, 3.8) is 0 Å². The highest BCUT2D eigenvalue weighted by molar-refractivity contribution is 6.29. The molecule has 0 rings (SSSR count). The van der Waals surface area contributed by atoms with Gasteiger partial charge in [0, 0.05) is 0 Å². The largest absolute Gasteiger partial charge is 0.488 e. The molecule has 0 radical (unpaired) electrons. The average molecular weight is 187 g/mol. The first-order valence-corrected chi connectivity index (χ1v) is 4.39. The van der Waals surface area contributed by atoms with E-state index in [9.17, 15) is 0 Å². The highest BCUT2D eigenvalue weighted by atomic mass is 35.5. The molecule has 0 aliphatic carbocycles. The average Bonchev–Trinajstić information content (AvgIpc) is 2.11. The second-order valence-electron chi connectivity index (χ2n) is 2.22. The van der Waals surface area contributed by atoms with Crippen molar-refractivity contribution in [1.82, 2.24) is 0 Å². The van der Waals surface area contributed by atoms with Gasteiger partial charge in [0.05, 0.1) is 5.03 Å². The van der Waals surface area contributed by atoms with E-state index in [2.05, 4.69) is 6.58 Å². The summed E-state index contributed by atoms with van der Waals surface area (Å²) in [5, 5.41) is 0.745. The van der Waals surface area contributed by atoms with Crippen molar-refractivity contribution in [3.8, 4) is 0 Å². The monoisotopic (exact) mass is 186 g/mol. The third-order valence-corrected chi connectivity index (χ3v) is 1.71. The van der Waals surface area contributed by atoms with Crippen molar-refractivity contribution in [2.24, 2.45) is 0 Å². The number of halogens is 1. The normalized spacial score (nSPS) is 12.9. The Hall–Kier alpha value is -0.690. The van der Waals surface area contributed by atoms with E-state index in [1.54, 1.807) is 6.08 Å². The lowest BCUT2D eigenvalue weighted by Crippen LogP contribution is -1.91. The van der Waals surface area contributed by atoms with Gasteiger partial charge in [0.15, 0.2) is 0 Å². The maximum atomic E-state index is 5.91. The van der Waals surface area contributed by atoms with Gasteiger partial charge < -0.3 is 4.74 Å². The second-order valence-corrected chi connectivity index (χ2v) is 2.68. The summed E-state index contributed by atoms with van der Waals surface area (Å²) in [5.41, 5.74) is 0. The molecule has 0 amide bonds. The van der Waals surface area contributed by atoms with E-state index in [0.717, 1.165) is 17.2 Å². The van der Waals surface area contributed by atoms with Gasteiger partial charge >= 0.3 is 0 Å². The second kappa shape index (κ2) is 6.99. The van der Waals surface area contributed by atoms with E-state index in [0.29, 0.717) is 6.61 Å². The number of hydrogen-bond donors (Lipinski definition) is 0. The molecule has 0 heterocycles. The molecule has 0 aliphatic heterocycles. The van der Waals surface area contributed by atoms with Crippen molar-refractivity contribution in [1.29, 1.82) is 0 Å². The number of ether oxygens (including phenoxy) is 1. The van der Waals surface area contributed by atoms with Gasteiger partial charge in [-0.15, -0.1) is 0 Å². The molecule has 0 fully saturated rings. The van der Waals surface area contributed by atoms with Gasteiger partial charge in [0.25, 0.3) is 0 Å². The van der Waals surface area contributed by atoms with Crippen LogP contribution in [0.3, 0.4) is 0 Å². The Balaban J connectivity index is 4.31.